The number of fused-ring (bicyclic) bond motifs is 2. The number of carbonyl (C=O) groups is 2. The molecule has 0 saturated carbocycles. The zero-order chi connectivity index (χ0) is 19.8. The average molecular weight is 403 g/mol. The van der Waals surface area contributed by atoms with Gasteiger partial charge < -0.3 is 9.88 Å². The second-order valence-corrected chi connectivity index (χ2v) is 7.89. The molecule has 0 atom stereocenters. The summed E-state index contributed by atoms with van der Waals surface area (Å²) in [5.74, 6) is -0.318. The van der Waals surface area contributed by atoms with E-state index in [-0.39, 0.29) is 11.8 Å². The molecule has 29 heavy (non-hydrogen) atoms. The van der Waals surface area contributed by atoms with Crippen LogP contribution in [0, 0.1) is 0 Å². The number of para-hydroxylation sites is 1. The highest BCUT2D eigenvalue weighted by Crippen LogP contribution is 2.29. The van der Waals surface area contributed by atoms with Gasteiger partial charge in [-0.05, 0) is 24.3 Å². The highest BCUT2D eigenvalue weighted by Gasteiger charge is 2.26. The Kier molecular flexibility index (Phi) is 4.33. The van der Waals surface area contributed by atoms with Crippen LogP contribution in [0.25, 0.3) is 10.9 Å². The third-order valence-electron chi connectivity index (χ3n) is 4.90. The van der Waals surface area contributed by atoms with E-state index in [0.29, 0.717) is 36.0 Å². The molecule has 3 aromatic heterocycles. The van der Waals surface area contributed by atoms with Gasteiger partial charge in [0.05, 0.1) is 12.2 Å². The first kappa shape index (κ1) is 17.6. The molecular weight excluding hydrogens is 386 g/mol. The molecule has 1 aliphatic heterocycles. The van der Waals surface area contributed by atoms with E-state index in [1.54, 1.807) is 24.4 Å². The first-order valence-electron chi connectivity index (χ1n) is 9.25. The van der Waals surface area contributed by atoms with E-state index < -0.39 is 0 Å². The maximum atomic E-state index is 12.9. The summed E-state index contributed by atoms with van der Waals surface area (Å²) >= 11 is 1.40. The molecular formula is C21H17N5O2S. The number of nitrogens with zero attached hydrogens (tertiary/aromatic N) is 3. The number of amides is 2. The van der Waals surface area contributed by atoms with Crippen LogP contribution < -0.4 is 5.32 Å². The lowest BCUT2D eigenvalue weighted by atomic mass is 10.1. The highest BCUT2D eigenvalue weighted by molar-refractivity contribution is 7.15. The topological polar surface area (TPSA) is 91.0 Å². The number of carbonyl (C=O) groups excluding carboxylic acids is 2. The third-order valence-corrected chi connectivity index (χ3v) is 5.89. The molecule has 1 aliphatic rings. The molecule has 4 heterocycles. The molecule has 144 valence electrons. The van der Waals surface area contributed by atoms with Crippen LogP contribution >= 0.6 is 11.3 Å². The Hall–Kier alpha value is -3.52. The van der Waals surface area contributed by atoms with Crippen molar-refractivity contribution < 1.29 is 9.59 Å². The van der Waals surface area contributed by atoms with Crippen LogP contribution in [0.5, 0.6) is 0 Å². The van der Waals surface area contributed by atoms with E-state index >= 15 is 0 Å². The minimum atomic E-state index is -0.289. The normalized spacial score (nSPS) is 13.3. The molecule has 0 bridgehead atoms. The van der Waals surface area contributed by atoms with Crippen molar-refractivity contribution in [1.82, 2.24) is 19.9 Å². The minimum Gasteiger partial charge on any atom is -0.351 e. The number of pyridine rings is 1. The van der Waals surface area contributed by atoms with Gasteiger partial charge in [0, 0.05) is 34.9 Å². The predicted octanol–water partition coefficient (Wildman–Crippen LogP) is 3.47. The summed E-state index contributed by atoms with van der Waals surface area (Å²) < 4.78 is 0. The highest BCUT2D eigenvalue weighted by atomic mass is 32.1. The second kappa shape index (κ2) is 7.14. The quantitative estimate of drug-likeness (QED) is 0.548. The number of anilines is 1. The average Bonchev–Trinajstić information content (AvgIpc) is 3.36. The number of thiazole rings is 1. The maximum Gasteiger partial charge on any atom is 0.276 e. The van der Waals surface area contributed by atoms with Crippen molar-refractivity contribution in [2.45, 2.75) is 13.0 Å². The van der Waals surface area contributed by atoms with Gasteiger partial charge in [0.2, 0.25) is 0 Å². The summed E-state index contributed by atoms with van der Waals surface area (Å²) in [6.07, 6.45) is 2.24. The van der Waals surface area contributed by atoms with Crippen molar-refractivity contribution in [2.75, 3.05) is 11.9 Å². The molecule has 8 heteroatoms. The van der Waals surface area contributed by atoms with Gasteiger partial charge in [-0.15, -0.1) is 0 Å². The van der Waals surface area contributed by atoms with Gasteiger partial charge in [-0.2, -0.15) is 0 Å². The monoisotopic (exact) mass is 403 g/mol. The molecule has 0 fully saturated rings. The van der Waals surface area contributed by atoms with Crippen molar-refractivity contribution in [2.24, 2.45) is 0 Å². The van der Waals surface area contributed by atoms with Crippen LogP contribution in [0.15, 0.2) is 54.7 Å². The van der Waals surface area contributed by atoms with Crippen LogP contribution in [-0.4, -0.2) is 38.2 Å². The summed E-state index contributed by atoms with van der Waals surface area (Å²) in [5, 5.41) is 4.36. The molecule has 4 aromatic rings. The van der Waals surface area contributed by atoms with E-state index in [0.717, 1.165) is 21.5 Å². The van der Waals surface area contributed by atoms with Crippen LogP contribution in [-0.2, 0) is 13.0 Å². The fourth-order valence-electron chi connectivity index (χ4n) is 3.44. The van der Waals surface area contributed by atoms with Crippen molar-refractivity contribution in [1.29, 1.82) is 0 Å². The minimum absolute atomic E-state index is 0.0284. The first-order chi connectivity index (χ1) is 14.2. The number of rotatable bonds is 3. The van der Waals surface area contributed by atoms with Gasteiger partial charge in [-0.25, -0.2) is 4.98 Å². The number of H-pyrrole nitrogens is 1. The smallest absolute Gasteiger partial charge is 0.276 e. The molecule has 0 saturated heterocycles. The second-order valence-electron chi connectivity index (χ2n) is 6.80. The molecule has 7 nitrogen and oxygen atoms in total. The molecule has 2 N–H and O–H groups in total. The van der Waals surface area contributed by atoms with Crippen LogP contribution in [0.3, 0.4) is 0 Å². The van der Waals surface area contributed by atoms with E-state index in [1.807, 2.05) is 35.2 Å². The largest absolute Gasteiger partial charge is 0.351 e. The maximum absolute atomic E-state index is 12.9. The summed E-state index contributed by atoms with van der Waals surface area (Å²) in [4.78, 5) is 39.8. The SMILES string of the molecule is O=C(Nc1nc2c(s1)CN(C(=O)c1cc3ccccc3[nH]1)CC2)c1ccccn1. The van der Waals surface area contributed by atoms with Crippen molar-refractivity contribution >= 4 is 39.2 Å². The summed E-state index contributed by atoms with van der Waals surface area (Å²) in [5.41, 5.74) is 2.82. The lowest BCUT2D eigenvalue weighted by Crippen LogP contribution is -2.35. The molecule has 5 rings (SSSR count). The number of hydrogen-bond donors (Lipinski definition) is 2. The molecule has 0 unspecified atom stereocenters. The Balaban J connectivity index is 1.32. The molecule has 0 aliphatic carbocycles. The zero-order valence-electron chi connectivity index (χ0n) is 15.4. The van der Waals surface area contributed by atoms with E-state index in [4.69, 9.17) is 0 Å². The Morgan fingerprint density at radius 1 is 1.14 bits per heavy atom. The van der Waals surface area contributed by atoms with Crippen LogP contribution in [0.2, 0.25) is 0 Å². The van der Waals surface area contributed by atoms with E-state index in [9.17, 15) is 9.59 Å². The summed E-state index contributed by atoms with van der Waals surface area (Å²) in [7, 11) is 0. The Bertz CT molecular complexity index is 1180. The van der Waals surface area contributed by atoms with Crippen LogP contribution in [0.1, 0.15) is 31.5 Å². The zero-order valence-corrected chi connectivity index (χ0v) is 16.2. The number of aromatic nitrogens is 3. The standard InChI is InChI=1S/C21H17N5O2S/c27-19(16-7-3-4-9-22-16)25-21-24-15-8-10-26(12-18(15)29-21)20(28)17-11-13-5-1-2-6-14(13)23-17/h1-7,9,11,23H,8,10,12H2,(H,24,25,27). The van der Waals surface area contributed by atoms with Gasteiger partial charge >= 0.3 is 0 Å². The first-order valence-corrected chi connectivity index (χ1v) is 10.1. The molecule has 2 amide bonds. The number of aromatic amines is 1. The van der Waals surface area contributed by atoms with Crippen LogP contribution in [0.4, 0.5) is 5.13 Å². The van der Waals surface area contributed by atoms with Gasteiger partial charge in [-0.3, -0.25) is 19.9 Å². The summed E-state index contributed by atoms with van der Waals surface area (Å²) in [6.45, 7) is 1.08. The number of benzene rings is 1. The predicted molar refractivity (Wildman–Crippen MR) is 111 cm³/mol. The Labute approximate surface area is 170 Å². The van der Waals surface area contributed by atoms with Gasteiger partial charge in [0.1, 0.15) is 11.4 Å². The Morgan fingerprint density at radius 3 is 2.83 bits per heavy atom. The van der Waals surface area contributed by atoms with Crippen molar-refractivity contribution in [3.8, 4) is 0 Å². The third kappa shape index (κ3) is 3.38. The number of hydrogen-bond acceptors (Lipinski definition) is 5. The lowest BCUT2D eigenvalue weighted by Gasteiger charge is -2.25. The van der Waals surface area contributed by atoms with E-state index in [1.165, 1.54) is 11.3 Å². The lowest BCUT2D eigenvalue weighted by molar-refractivity contribution is 0.0731. The van der Waals surface area contributed by atoms with Gasteiger partial charge in [0.25, 0.3) is 11.8 Å². The molecule has 1 aromatic carbocycles. The van der Waals surface area contributed by atoms with Gasteiger partial charge in [-0.1, -0.05) is 35.6 Å². The van der Waals surface area contributed by atoms with E-state index in [2.05, 4.69) is 20.3 Å². The van der Waals surface area contributed by atoms with Gasteiger partial charge in [0.15, 0.2) is 5.13 Å². The van der Waals surface area contributed by atoms with Crippen molar-refractivity contribution in [3.05, 3.63) is 76.7 Å². The summed E-state index contributed by atoms with van der Waals surface area (Å²) in [6, 6.07) is 14.9. The molecule has 0 spiro atoms. The fraction of sp³-hybridized carbons (Fsp3) is 0.143. The Morgan fingerprint density at radius 2 is 2.00 bits per heavy atom. The number of nitrogens with one attached hydrogen (secondary N) is 2. The van der Waals surface area contributed by atoms with Crippen molar-refractivity contribution in [3.63, 3.8) is 0 Å². The fourth-order valence-corrected chi connectivity index (χ4v) is 4.46. The molecule has 0 radical (unpaired) electrons.